The van der Waals surface area contributed by atoms with E-state index in [0.29, 0.717) is 22.4 Å². The molecule has 0 radical (unpaired) electrons. The summed E-state index contributed by atoms with van der Waals surface area (Å²) in [5, 5.41) is 11.6. The normalized spacial score (nSPS) is 20.1. The van der Waals surface area contributed by atoms with E-state index in [0.717, 1.165) is 44.0 Å². The first kappa shape index (κ1) is 24.5. The van der Waals surface area contributed by atoms with Crippen molar-refractivity contribution in [3.63, 3.8) is 0 Å². The Bertz CT molecular complexity index is 1460. The van der Waals surface area contributed by atoms with E-state index in [1.165, 1.54) is 6.20 Å². The second-order valence-corrected chi connectivity index (χ2v) is 13.0. The van der Waals surface area contributed by atoms with Crippen molar-refractivity contribution in [1.82, 2.24) is 39.7 Å². The predicted molar refractivity (Wildman–Crippen MR) is 140 cm³/mol. The molecule has 10 nitrogen and oxygen atoms in total. The molecule has 37 heavy (non-hydrogen) atoms. The summed E-state index contributed by atoms with van der Waals surface area (Å²) in [5.41, 5.74) is 2.88. The maximum absolute atomic E-state index is 13.9. The highest BCUT2D eigenvalue weighted by Crippen LogP contribution is 2.50. The molecular formula is C24H27ClFN9OS. The maximum atomic E-state index is 13.9. The van der Waals surface area contributed by atoms with Gasteiger partial charge in [-0.2, -0.15) is 14.6 Å². The van der Waals surface area contributed by atoms with Crippen molar-refractivity contribution >= 4 is 39.9 Å². The molecule has 4 aromatic rings. The molecular weight excluding hydrogens is 517 g/mol. The third kappa shape index (κ3) is 4.15. The van der Waals surface area contributed by atoms with E-state index in [9.17, 15) is 8.94 Å². The van der Waals surface area contributed by atoms with E-state index in [1.807, 2.05) is 37.7 Å². The van der Waals surface area contributed by atoms with E-state index >= 15 is 0 Å². The zero-order valence-corrected chi connectivity index (χ0v) is 22.3. The number of rotatable bonds is 4. The lowest BCUT2D eigenvalue weighted by molar-refractivity contribution is 0.160. The fourth-order valence-electron chi connectivity index (χ4n) is 5.26. The molecule has 6 rings (SSSR count). The van der Waals surface area contributed by atoms with Gasteiger partial charge in [-0.1, -0.05) is 11.6 Å². The van der Waals surface area contributed by atoms with Crippen molar-refractivity contribution in [1.29, 1.82) is 0 Å². The molecule has 6 heterocycles. The molecule has 194 valence electrons. The Hall–Kier alpha value is -2.80. The van der Waals surface area contributed by atoms with Crippen LogP contribution in [0, 0.1) is 11.4 Å². The zero-order valence-electron chi connectivity index (χ0n) is 20.7. The van der Waals surface area contributed by atoms with Crippen LogP contribution in [0.25, 0.3) is 22.4 Å². The topological polar surface area (TPSA) is 124 Å². The van der Waals surface area contributed by atoms with Crippen molar-refractivity contribution in [2.75, 3.05) is 18.0 Å². The number of fused-ring (bicyclic) bond motifs is 2. The minimum atomic E-state index is -1.20. The first-order valence-corrected chi connectivity index (χ1v) is 13.7. The van der Waals surface area contributed by atoms with E-state index in [-0.39, 0.29) is 21.2 Å². The Morgan fingerprint density at radius 2 is 2.00 bits per heavy atom. The number of nitrogens with one attached hydrogen (secondary N) is 2. The Labute approximate surface area is 221 Å². The van der Waals surface area contributed by atoms with Gasteiger partial charge in [-0.15, -0.1) is 4.72 Å². The van der Waals surface area contributed by atoms with Crippen LogP contribution in [-0.4, -0.2) is 57.3 Å². The number of piperidine rings is 1. The third-order valence-electron chi connectivity index (χ3n) is 7.35. The second kappa shape index (κ2) is 8.90. The number of pyridine rings is 1. The Kier molecular flexibility index (Phi) is 5.90. The predicted octanol–water partition coefficient (Wildman–Crippen LogP) is 3.80. The molecule has 2 aliphatic rings. The van der Waals surface area contributed by atoms with Crippen molar-refractivity contribution in [2.24, 2.45) is 5.41 Å². The first-order chi connectivity index (χ1) is 17.7. The molecule has 2 aliphatic heterocycles. The minimum Gasteiger partial charge on any atom is -0.598 e. The van der Waals surface area contributed by atoms with Gasteiger partial charge in [0.1, 0.15) is 27.1 Å². The smallest absolute Gasteiger partial charge is 0.232 e. The summed E-state index contributed by atoms with van der Waals surface area (Å²) in [6.45, 7) is 8.26. The van der Waals surface area contributed by atoms with Gasteiger partial charge in [0.2, 0.25) is 11.6 Å². The number of anilines is 1. The summed E-state index contributed by atoms with van der Waals surface area (Å²) in [4.78, 5) is 15.1. The van der Waals surface area contributed by atoms with Gasteiger partial charge in [0.25, 0.3) is 0 Å². The van der Waals surface area contributed by atoms with Crippen LogP contribution in [0.1, 0.15) is 45.3 Å². The summed E-state index contributed by atoms with van der Waals surface area (Å²) >= 11 is 4.92. The fraction of sp³-hybridized carbons (Fsp3) is 0.458. The fourth-order valence-corrected chi connectivity index (χ4v) is 6.40. The molecule has 0 saturated carbocycles. The van der Waals surface area contributed by atoms with Gasteiger partial charge in [-0.05, 0) is 45.7 Å². The van der Waals surface area contributed by atoms with E-state index in [2.05, 4.69) is 34.9 Å². The number of halogens is 2. The van der Waals surface area contributed by atoms with Crippen LogP contribution in [-0.2, 0) is 17.9 Å². The lowest BCUT2D eigenvalue weighted by atomic mass is 9.73. The SMILES string of the molecule is CC(C)(C)[S+]([O-])N[C@@H]1c2ccnn2CC12CCN(c1cnc3c(-c4ccnc(F)c4Cl)[nH]nc3n1)CC2. The van der Waals surface area contributed by atoms with Crippen LogP contribution in [0.2, 0.25) is 5.02 Å². The minimum absolute atomic E-state index is 0.0369. The molecule has 2 atom stereocenters. The summed E-state index contributed by atoms with van der Waals surface area (Å²) < 4.78 is 32.0. The molecule has 0 amide bonds. The van der Waals surface area contributed by atoms with Crippen molar-refractivity contribution in [2.45, 2.75) is 50.9 Å². The van der Waals surface area contributed by atoms with E-state index < -0.39 is 17.3 Å². The second-order valence-electron chi connectivity index (χ2n) is 10.7. The largest absolute Gasteiger partial charge is 0.598 e. The average Bonchev–Trinajstić information content (AvgIpc) is 3.56. The zero-order chi connectivity index (χ0) is 25.9. The molecule has 1 spiro atoms. The quantitative estimate of drug-likeness (QED) is 0.294. The molecule has 0 aromatic carbocycles. The Morgan fingerprint density at radius 3 is 2.76 bits per heavy atom. The van der Waals surface area contributed by atoms with Crippen LogP contribution >= 0.6 is 11.6 Å². The summed E-state index contributed by atoms with van der Waals surface area (Å²) in [6.07, 6.45) is 6.64. The summed E-state index contributed by atoms with van der Waals surface area (Å²) in [5.74, 6) is -0.0207. The Balaban J connectivity index is 1.23. The number of aromatic nitrogens is 7. The average molecular weight is 544 g/mol. The van der Waals surface area contributed by atoms with Crippen molar-refractivity contribution < 1.29 is 8.94 Å². The molecule has 13 heteroatoms. The van der Waals surface area contributed by atoms with E-state index in [1.54, 1.807) is 12.3 Å². The number of hydrogen-bond acceptors (Lipinski definition) is 8. The van der Waals surface area contributed by atoms with Gasteiger partial charge in [-0.3, -0.25) is 9.78 Å². The number of H-pyrrole nitrogens is 1. The van der Waals surface area contributed by atoms with Gasteiger partial charge in [0.05, 0.1) is 17.6 Å². The number of hydrogen-bond donors (Lipinski definition) is 2. The van der Waals surface area contributed by atoms with Gasteiger partial charge in [0.15, 0.2) is 0 Å². The third-order valence-corrected chi connectivity index (χ3v) is 9.28. The van der Waals surface area contributed by atoms with Crippen molar-refractivity contribution in [3.05, 3.63) is 47.4 Å². The Morgan fingerprint density at radius 1 is 1.22 bits per heavy atom. The first-order valence-electron chi connectivity index (χ1n) is 12.1. The number of nitrogens with zero attached hydrogens (tertiary/aromatic N) is 7. The maximum Gasteiger partial charge on any atom is 0.232 e. The van der Waals surface area contributed by atoms with Crippen LogP contribution < -0.4 is 9.62 Å². The van der Waals surface area contributed by atoms with Crippen LogP contribution in [0.15, 0.2) is 30.7 Å². The molecule has 0 bridgehead atoms. The highest BCUT2D eigenvalue weighted by atomic mass is 35.5. The van der Waals surface area contributed by atoms with Crippen LogP contribution in [0.5, 0.6) is 0 Å². The molecule has 4 aromatic heterocycles. The molecule has 0 aliphatic carbocycles. The highest BCUT2D eigenvalue weighted by Gasteiger charge is 2.51. The summed E-state index contributed by atoms with van der Waals surface area (Å²) in [7, 11) is 0. The van der Waals surface area contributed by atoms with Crippen molar-refractivity contribution in [3.8, 4) is 11.3 Å². The van der Waals surface area contributed by atoms with E-state index in [4.69, 9.17) is 16.6 Å². The standard InChI is InChI=1S/C24H27ClFN9OS/c1-23(2,3)37(36)33-20-15-5-9-29-35(15)13-24(20)6-10-34(11-7-24)16-12-28-19-18(31-32-22(19)30-16)14-4-8-27-21(26)17(14)25/h4-5,8-9,12,20,33H,6-7,10-11,13H2,1-3H3,(H,30,31,32)/t20-,37?/m1/s1. The molecule has 1 saturated heterocycles. The van der Waals surface area contributed by atoms with Crippen LogP contribution in [0.4, 0.5) is 10.2 Å². The molecule has 1 fully saturated rings. The van der Waals surface area contributed by atoms with Gasteiger partial charge >= 0.3 is 0 Å². The number of aromatic amines is 1. The van der Waals surface area contributed by atoms with Crippen LogP contribution in [0.3, 0.4) is 0 Å². The lowest BCUT2D eigenvalue weighted by Gasteiger charge is -2.43. The molecule has 1 unspecified atom stereocenters. The highest BCUT2D eigenvalue weighted by molar-refractivity contribution is 7.90. The van der Waals surface area contributed by atoms with Gasteiger partial charge < -0.3 is 9.45 Å². The monoisotopic (exact) mass is 543 g/mol. The lowest BCUT2D eigenvalue weighted by Crippen LogP contribution is -2.50. The van der Waals surface area contributed by atoms with Gasteiger partial charge in [-0.25, -0.2) is 15.0 Å². The molecule has 2 N–H and O–H groups in total. The van der Waals surface area contributed by atoms with Gasteiger partial charge in [0, 0.05) is 54.4 Å². The summed E-state index contributed by atoms with van der Waals surface area (Å²) in [6, 6.07) is 3.60.